The summed E-state index contributed by atoms with van der Waals surface area (Å²) in [5.74, 6) is 0.513. The third kappa shape index (κ3) is 2.39. The van der Waals surface area contributed by atoms with Crippen LogP contribution in [0.25, 0.3) is 5.69 Å². The zero-order valence-corrected chi connectivity index (χ0v) is 11.9. The maximum absolute atomic E-state index is 13.9. The number of furan rings is 1. The van der Waals surface area contributed by atoms with Crippen LogP contribution in [0.2, 0.25) is 0 Å². The summed E-state index contributed by atoms with van der Waals surface area (Å²) in [6, 6.07) is 4.34. The molecule has 2 heterocycles. The molecule has 0 fully saturated rings. The molecule has 8 heteroatoms. The highest BCUT2D eigenvalue weighted by atomic mass is 19.1. The molecule has 0 aliphatic heterocycles. The number of tetrazole rings is 1. The second-order valence-corrected chi connectivity index (χ2v) is 4.65. The van der Waals surface area contributed by atoms with Crippen molar-refractivity contribution in [1.82, 2.24) is 19.8 Å². The summed E-state index contributed by atoms with van der Waals surface area (Å²) in [6.45, 7) is 1.63. The molecule has 1 aromatic carbocycles. The summed E-state index contributed by atoms with van der Waals surface area (Å²) in [4.78, 5) is 11.9. The van der Waals surface area contributed by atoms with E-state index in [2.05, 4.69) is 10.4 Å². The van der Waals surface area contributed by atoms with Crippen LogP contribution < -0.4 is 10.4 Å². The van der Waals surface area contributed by atoms with Crippen LogP contribution in [0.3, 0.4) is 0 Å². The lowest BCUT2D eigenvalue weighted by Gasteiger charge is -2.08. The predicted molar refractivity (Wildman–Crippen MR) is 74.3 cm³/mol. The molecule has 0 radical (unpaired) electrons. The van der Waals surface area contributed by atoms with Crippen molar-refractivity contribution >= 4 is 0 Å². The van der Waals surface area contributed by atoms with Crippen molar-refractivity contribution < 1.29 is 14.9 Å². The molecule has 3 rings (SSSR count). The van der Waals surface area contributed by atoms with E-state index in [1.165, 1.54) is 7.05 Å². The SMILES string of the molecule is [3H]c1ccc(OCc2c(-n3nnn(C)c3=O)coc2F)c(C)c1. The second kappa shape index (κ2) is 5.47. The number of hydrogen-bond acceptors (Lipinski definition) is 5. The second-order valence-electron chi connectivity index (χ2n) is 4.65. The van der Waals surface area contributed by atoms with Gasteiger partial charge in [-0.3, -0.25) is 0 Å². The van der Waals surface area contributed by atoms with Gasteiger partial charge in [0.05, 0.1) is 6.93 Å². The maximum Gasteiger partial charge on any atom is 0.368 e. The van der Waals surface area contributed by atoms with Gasteiger partial charge in [-0.15, -0.1) is 0 Å². The van der Waals surface area contributed by atoms with Gasteiger partial charge < -0.3 is 9.15 Å². The summed E-state index contributed by atoms with van der Waals surface area (Å²) < 4.78 is 33.6. The van der Waals surface area contributed by atoms with Crippen molar-refractivity contribution in [2.75, 3.05) is 0 Å². The minimum Gasteiger partial charge on any atom is -0.488 e. The van der Waals surface area contributed by atoms with Crippen LogP contribution in [-0.4, -0.2) is 19.8 Å². The number of nitrogens with zero attached hydrogens (tertiary/aromatic N) is 4. The highest BCUT2D eigenvalue weighted by Crippen LogP contribution is 2.22. The molecular weight excluding hydrogens is 291 g/mol. The van der Waals surface area contributed by atoms with E-state index < -0.39 is 11.7 Å². The first-order valence-corrected chi connectivity index (χ1v) is 6.42. The smallest absolute Gasteiger partial charge is 0.368 e. The fraction of sp³-hybridized carbons (Fsp3) is 0.214. The summed E-state index contributed by atoms with van der Waals surface area (Å²) in [7, 11) is 1.43. The summed E-state index contributed by atoms with van der Waals surface area (Å²) in [6.07, 6.45) is 1.09. The molecule has 0 saturated carbocycles. The van der Waals surface area contributed by atoms with Gasteiger partial charge in [0.25, 0.3) is 6.01 Å². The quantitative estimate of drug-likeness (QED) is 0.731. The van der Waals surface area contributed by atoms with E-state index in [9.17, 15) is 9.18 Å². The lowest BCUT2D eigenvalue weighted by Crippen LogP contribution is -2.22. The first-order chi connectivity index (χ1) is 11.0. The Hall–Kier alpha value is -2.90. The fourth-order valence-electron chi connectivity index (χ4n) is 1.94. The molecule has 0 aliphatic rings. The molecule has 114 valence electrons. The van der Waals surface area contributed by atoms with Gasteiger partial charge in [0.15, 0.2) is 0 Å². The summed E-state index contributed by atoms with van der Waals surface area (Å²) >= 11 is 0. The average molecular weight is 306 g/mol. The Balaban J connectivity index is 1.90. The number of benzene rings is 1. The van der Waals surface area contributed by atoms with Crippen LogP contribution in [0.15, 0.2) is 39.7 Å². The molecule has 0 amide bonds. The zero-order chi connectivity index (χ0) is 16.6. The van der Waals surface area contributed by atoms with Crippen molar-refractivity contribution in [2.45, 2.75) is 13.5 Å². The Morgan fingerprint density at radius 3 is 2.95 bits per heavy atom. The van der Waals surface area contributed by atoms with E-state index in [0.717, 1.165) is 21.2 Å². The average Bonchev–Trinajstić information content (AvgIpc) is 3.02. The number of aromatic nitrogens is 4. The number of ether oxygens (including phenoxy) is 1. The van der Waals surface area contributed by atoms with Gasteiger partial charge in [-0.25, -0.2) is 4.79 Å². The number of rotatable bonds is 4. The van der Waals surface area contributed by atoms with Crippen LogP contribution in [0, 0.1) is 12.9 Å². The normalized spacial score (nSPS) is 11.5. The molecule has 7 nitrogen and oxygen atoms in total. The van der Waals surface area contributed by atoms with E-state index in [-0.39, 0.29) is 17.9 Å². The minimum absolute atomic E-state index is 0.0574. The predicted octanol–water partition coefficient (Wildman–Crippen LogP) is 1.59. The van der Waals surface area contributed by atoms with E-state index in [4.69, 9.17) is 10.5 Å². The third-order valence-corrected chi connectivity index (χ3v) is 3.16. The molecule has 0 unspecified atom stereocenters. The highest BCUT2D eigenvalue weighted by molar-refractivity contribution is 5.37. The maximum atomic E-state index is 13.9. The van der Waals surface area contributed by atoms with Crippen LogP contribution in [0.1, 0.15) is 12.5 Å². The monoisotopic (exact) mass is 306 g/mol. The van der Waals surface area contributed by atoms with Crippen LogP contribution in [0.4, 0.5) is 4.39 Å². The van der Waals surface area contributed by atoms with Crippen molar-refractivity contribution in [2.24, 2.45) is 7.05 Å². The van der Waals surface area contributed by atoms with Crippen molar-refractivity contribution in [1.29, 1.82) is 0 Å². The van der Waals surface area contributed by atoms with Crippen molar-refractivity contribution in [3.8, 4) is 11.4 Å². The number of hydrogen-bond donors (Lipinski definition) is 0. The van der Waals surface area contributed by atoms with Gasteiger partial charge in [-0.1, -0.05) is 18.2 Å². The molecule has 0 N–H and O–H groups in total. The van der Waals surface area contributed by atoms with Gasteiger partial charge in [0.2, 0.25) is 0 Å². The first-order valence-electron chi connectivity index (χ1n) is 6.92. The lowest BCUT2D eigenvalue weighted by atomic mass is 10.2. The largest absolute Gasteiger partial charge is 0.488 e. The van der Waals surface area contributed by atoms with Crippen molar-refractivity contribution in [3.05, 3.63) is 58.1 Å². The standard InChI is InChI=1S/C14H13FN4O3/c1-9-5-3-4-6-12(9)21-7-10-11(8-22-13(10)15)19-14(20)18(2)16-17-19/h3-6,8H,7H2,1-2H3/i3T. The topological polar surface area (TPSA) is 75.1 Å². The first kappa shape index (κ1) is 12.8. The van der Waals surface area contributed by atoms with Gasteiger partial charge in [-0.05, 0) is 29.0 Å². The lowest BCUT2D eigenvalue weighted by molar-refractivity contribution is 0.280. The number of aryl methyl sites for hydroxylation is 2. The van der Waals surface area contributed by atoms with Gasteiger partial charge in [0, 0.05) is 7.05 Å². The number of halogens is 1. The van der Waals surface area contributed by atoms with Crippen LogP contribution in [-0.2, 0) is 13.7 Å². The van der Waals surface area contributed by atoms with Crippen LogP contribution >= 0.6 is 0 Å². The molecule has 2 aromatic heterocycles. The Kier molecular flexibility index (Phi) is 3.19. The van der Waals surface area contributed by atoms with Crippen LogP contribution in [0.5, 0.6) is 5.75 Å². The molecule has 0 atom stereocenters. The molecule has 0 bridgehead atoms. The molecule has 3 aromatic rings. The van der Waals surface area contributed by atoms with Gasteiger partial charge in [-0.2, -0.15) is 13.8 Å². The zero-order valence-electron chi connectivity index (χ0n) is 12.9. The molecule has 0 saturated heterocycles. The Morgan fingerprint density at radius 1 is 1.45 bits per heavy atom. The van der Waals surface area contributed by atoms with E-state index in [0.29, 0.717) is 11.8 Å². The fourth-order valence-corrected chi connectivity index (χ4v) is 1.94. The molecule has 22 heavy (non-hydrogen) atoms. The van der Waals surface area contributed by atoms with Gasteiger partial charge >= 0.3 is 5.69 Å². The highest BCUT2D eigenvalue weighted by Gasteiger charge is 2.19. The van der Waals surface area contributed by atoms with E-state index in [1.54, 1.807) is 25.1 Å². The third-order valence-electron chi connectivity index (χ3n) is 3.16. The molecule has 0 spiro atoms. The Morgan fingerprint density at radius 2 is 2.27 bits per heavy atom. The molecular formula is C14H13FN4O3. The van der Waals surface area contributed by atoms with Crippen molar-refractivity contribution in [3.63, 3.8) is 0 Å². The minimum atomic E-state index is -0.854. The Labute approximate surface area is 125 Å². The number of para-hydroxylation sites is 1. The molecule has 0 aliphatic carbocycles. The Bertz CT molecular complexity index is 915. The summed E-state index contributed by atoms with van der Waals surface area (Å²) in [5, 5.41) is 7.23. The van der Waals surface area contributed by atoms with E-state index >= 15 is 0 Å². The summed E-state index contributed by atoms with van der Waals surface area (Å²) in [5.41, 5.74) is 0.415. The van der Waals surface area contributed by atoms with Gasteiger partial charge in [0.1, 0.15) is 24.3 Å². The van der Waals surface area contributed by atoms with E-state index in [1.807, 2.05) is 0 Å².